The Morgan fingerprint density at radius 3 is 2.16 bits per heavy atom. The van der Waals surface area contributed by atoms with Crippen LogP contribution < -0.4 is 5.32 Å². The zero-order valence-corrected chi connectivity index (χ0v) is 12.9. The lowest BCUT2D eigenvalue weighted by molar-refractivity contribution is -0.144. The number of methoxy groups -OCH3 is 1. The second-order valence-electron chi connectivity index (χ2n) is 4.71. The average molecular weight is 293 g/mol. The molecule has 0 aromatic heterocycles. The van der Waals surface area contributed by atoms with E-state index in [0.29, 0.717) is 0 Å². The standard InChI is InChI=1S/C12H23NO5S/c1-6-9(3)13-11(14)10(4)19(16,17)7-8(2)12(15)18-5/h8-10H,6-7H2,1-5H3,(H,13,14). The van der Waals surface area contributed by atoms with Crippen molar-refractivity contribution in [3.05, 3.63) is 0 Å². The monoisotopic (exact) mass is 293 g/mol. The summed E-state index contributed by atoms with van der Waals surface area (Å²) >= 11 is 0. The Balaban J connectivity index is 4.73. The van der Waals surface area contributed by atoms with Gasteiger partial charge in [-0.2, -0.15) is 0 Å². The summed E-state index contributed by atoms with van der Waals surface area (Å²) in [7, 11) is -2.48. The number of hydrogen-bond acceptors (Lipinski definition) is 5. The largest absolute Gasteiger partial charge is 0.469 e. The van der Waals surface area contributed by atoms with E-state index in [1.54, 1.807) is 6.92 Å². The maximum absolute atomic E-state index is 12.0. The molecular weight excluding hydrogens is 270 g/mol. The summed E-state index contributed by atoms with van der Waals surface area (Å²) in [5, 5.41) is 1.45. The Bertz CT molecular complexity index is 418. The third-order valence-electron chi connectivity index (χ3n) is 2.99. The van der Waals surface area contributed by atoms with Gasteiger partial charge in [0.1, 0.15) is 5.25 Å². The third kappa shape index (κ3) is 5.59. The van der Waals surface area contributed by atoms with Crippen LogP contribution in [0.3, 0.4) is 0 Å². The molecule has 6 nitrogen and oxygen atoms in total. The van der Waals surface area contributed by atoms with Gasteiger partial charge in [0.25, 0.3) is 0 Å². The first-order valence-electron chi connectivity index (χ1n) is 6.25. The molecule has 0 aliphatic carbocycles. The molecule has 112 valence electrons. The van der Waals surface area contributed by atoms with Crippen molar-refractivity contribution in [2.24, 2.45) is 5.92 Å². The lowest BCUT2D eigenvalue weighted by Crippen LogP contribution is -2.43. The van der Waals surface area contributed by atoms with E-state index >= 15 is 0 Å². The van der Waals surface area contributed by atoms with Crippen LogP contribution in [0, 0.1) is 5.92 Å². The van der Waals surface area contributed by atoms with Gasteiger partial charge in [-0.05, 0) is 20.3 Å². The Labute approximate surface area is 114 Å². The highest BCUT2D eigenvalue weighted by atomic mass is 32.2. The predicted octanol–water partition coefficient (Wildman–Crippen LogP) is 0.514. The Morgan fingerprint density at radius 2 is 1.74 bits per heavy atom. The molecule has 0 saturated carbocycles. The van der Waals surface area contributed by atoms with E-state index in [2.05, 4.69) is 10.1 Å². The number of sulfone groups is 1. The molecule has 0 fully saturated rings. The van der Waals surface area contributed by atoms with Gasteiger partial charge in [0.15, 0.2) is 9.84 Å². The van der Waals surface area contributed by atoms with E-state index in [4.69, 9.17) is 0 Å². The van der Waals surface area contributed by atoms with Crippen molar-refractivity contribution in [3.8, 4) is 0 Å². The number of hydrogen-bond donors (Lipinski definition) is 1. The maximum Gasteiger partial charge on any atom is 0.309 e. The molecule has 0 aromatic carbocycles. The van der Waals surface area contributed by atoms with Gasteiger partial charge in [-0.15, -0.1) is 0 Å². The molecule has 0 radical (unpaired) electrons. The van der Waals surface area contributed by atoms with Crippen LogP contribution in [0.25, 0.3) is 0 Å². The van der Waals surface area contributed by atoms with Crippen LogP contribution in [0.4, 0.5) is 0 Å². The van der Waals surface area contributed by atoms with E-state index < -0.39 is 38.6 Å². The van der Waals surface area contributed by atoms with E-state index in [0.717, 1.165) is 6.42 Å². The smallest absolute Gasteiger partial charge is 0.309 e. The number of amides is 1. The zero-order valence-electron chi connectivity index (χ0n) is 12.1. The second kappa shape index (κ2) is 7.47. The van der Waals surface area contributed by atoms with E-state index in [-0.39, 0.29) is 6.04 Å². The minimum atomic E-state index is -3.68. The number of esters is 1. The summed E-state index contributed by atoms with van der Waals surface area (Å²) in [6.45, 7) is 6.48. The van der Waals surface area contributed by atoms with Crippen LogP contribution in [-0.4, -0.2) is 44.4 Å². The first-order chi connectivity index (χ1) is 8.65. The molecule has 0 bridgehead atoms. The van der Waals surface area contributed by atoms with Gasteiger partial charge in [-0.1, -0.05) is 13.8 Å². The summed E-state index contributed by atoms with van der Waals surface area (Å²) < 4.78 is 28.5. The summed E-state index contributed by atoms with van der Waals surface area (Å²) in [5.41, 5.74) is 0. The Hall–Kier alpha value is -1.11. The van der Waals surface area contributed by atoms with Gasteiger partial charge in [-0.25, -0.2) is 8.42 Å². The molecule has 1 N–H and O–H groups in total. The topological polar surface area (TPSA) is 89.5 Å². The van der Waals surface area contributed by atoms with Crippen molar-refractivity contribution < 1.29 is 22.7 Å². The van der Waals surface area contributed by atoms with Crippen molar-refractivity contribution >= 4 is 21.7 Å². The first-order valence-corrected chi connectivity index (χ1v) is 7.97. The van der Waals surface area contributed by atoms with E-state index in [9.17, 15) is 18.0 Å². The number of nitrogens with one attached hydrogen (secondary N) is 1. The van der Waals surface area contributed by atoms with Crippen molar-refractivity contribution in [1.82, 2.24) is 5.32 Å². The lowest BCUT2D eigenvalue weighted by Gasteiger charge is -2.18. The van der Waals surface area contributed by atoms with Gasteiger partial charge in [-0.3, -0.25) is 9.59 Å². The lowest BCUT2D eigenvalue weighted by atomic mass is 10.2. The zero-order chi connectivity index (χ0) is 15.2. The second-order valence-corrected chi connectivity index (χ2v) is 7.08. The molecular formula is C12H23NO5S. The third-order valence-corrected chi connectivity index (χ3v) is 5.25. The highest BCUT2D eigenvalue weighted by molar-refractivity contribution is 7.92. The minimum Gasteiger partial charge on any atom is -0.469 e. The maximum atomic E-state index is 12.0. The normalized spacial score (nSPS) is 16.3. The van der Waals surface area contributed by atoms with Crippen LogP contribution in [0.5, 0.6) is 0 Å². The van der Waals surface area contributed by atoms with Crippen molar-refractivity contribution in [3.63, 3.8) is 0 Å². The molecule has 19 heavy (non-hydrogen) atoms. The molecule has 1 amide bonds. The van der Waals surface area contributed by atoms with Crippen LogP contribution in [0.15, 0.2) is 0 Å². The highest BCUT2D eigenvalue weighted by Crippen LogP contribution is 2.10. The minimum absolute atomic E-state index is 0.0804. The van der Waals surface area contributed by atoms with Gasteiger partial charge < -0.3 is 10.1 Å². The van der Waals surface area contributed by atoms with Gasteiger partial charge in [0.2, 0.25) is 5.91 Å². The molecule has 0 aromatic rings. The molecule has 3 atom stereocenters. The number of ether oxygens (including phenoxy) is 1. The highest BCUT2D eigenvalue weighted by Gasteiger charge is 2.32. The van der Waals surface area contributed by atoms with Gasteiger partial charge in [0, 0.05) is 6.04 Å². The molecule has 3 unspecified atom stereocenters. The van der Waals surface area contributed by atoms with Crippen LogP contribution in [0.1, 0.15) is 34.1 Å². The molecule has 0 rings (SSSR count). The summed E-state index contributed by atoms with van der Waals surface area (Å²) in [5.74, 6) is -2.31. The SMILES string of the molecule is CCC(C)NC(=O)C(C)S(=O)(=O)CC(C)C(=O)OC. The molecule has 7 heteroatoms. The first kappa shape index (κ1) is 17.9. The fraction of sp³-hybridized carbons (Fsp3) is 0.833. The van der Waals surface area contributed by atoms with Gasteiger partial charge >= 0.3 is 5.97 Å². The number of carbonyl (C=O) groups is 2. The summed E-state index contributed by atoms with van der Waals surface area (Å²) in [6.07, 6.45) is 0.719. The number of rotatable bonds is 7. The fourth-order valence-corrected chi connectivity index (χ4v) is 2.90. The molecule has 0 aliphatic rings. The van der Waals surface area contributed by atoms with Crippen LogP contribution in [-0.2, 0) is 24.2 Å². The molecule has 0 saturated heterocycles. The Kier molecular flexibility index (Phi) is 7.04. The van der Waals surface area contributed by atoms with E-state index in [1.807, 2.05) is 6.92 Å². The fourth-order valence-electron chi connectivity index (χ4n) is 1.39. The molecule has 0 aliphatic heterocycles. The predicted molar refractivity (Wildman–Crippen MR) is 72.3 cm³/mol. The average Bonchev–Trinajstić information content (AvgIpc) is 2.35. The van der Waals surface area contributed by atoms with Gasteiger partial charge in [0.05, 0.1) is 18.8 Å². The van der Waals surface area contributed by atoms with Crippen molar-refractivity contribution in [2.45, 2.75) is 45.4 Å². The number of carbonyl (C=O) groups excluding carboxylic acids is 2. The quantitative estimate of drug-likeness (QED) is 0.691. The van der Waals surface area contributed by atoms with Crippen molar-refractivity contribution in [1.29, 1.82) is 0 Å². The van der Waals surface area contributed by atoms with Crippen LogP contribution >= 0.6 is 0 Å². The molecule has 0 heterocycles. The summed E-state index contributed by atoms with van der Waals surface area (Å²) in [6, 6.07) is -0.0804. The van der Waals surface area contributed by atoms with Crippen LogP contribution in [0.2, 0.25) is 0 Å². The molecule has 0 spiro atoms. The Morgan fingerprint density at radius 1 is 1.21 bits per heavy atom. The summed E-state index contributed by atoms with van der Waals surface area (Å²) in [4.78, 5) is 23.0. The van der Waals surface area contributed by atoms with E-state index in [1.165, 1.54) is 21.0 Å². The van der Waals surface area contributed by atoms with Crippen molar-refractivity contribution in [2.75, 3.05) is 12.9 Å².